The number of rotatable bonds is 6. The SMILES string of the molecule is COc1ccc(OC)c(NC2=C(c3ccccc3)C(=O)N(c3ccc(C(C)(C)C)cc3)C2=O)c1. The minimum Gasteiger partial charge on any atom is -0.497 e. The highest BCUT2D eigenvalue weighted by molar-refractivity contribution is 6.46. The molecule has 4 rings (SSSR count). The Labute approximate surface area is 199 Å². The molecule has 1 heterocycles. The van der Waals surface area contributed by atoms with Crippen molar-refractivity contribution < 1.29 is 19.1 Å². The normalized spacial score (nSPS) is 14.0. The van der Waals surface area contributed by atoms with Crippen molar-refractivity contribution >= 4 is 28.8 Å². The van der Waals surface area contributed by atoms with Crippen molar-refractivity contribution in [3.63, 3.8) is 0 Å². The summed E-state index contributed by atoms with van der Waals surface area (Å²) in [6.07, 6.45) is 0. The maximum absolute atomic E-state index is 13.7. The van der Waals surface area contributed by atoms with Crippen LogP contribution < -0.4 is 19.7 Å². The van der Waals surface area contributed by atoms with Gasteiger partial charge in [0.1, 0.15) is 17.2 Å². The number of anilines is 2. The number of amides is 2. The van der Waals surface area contributed by atoms with E-state index in [2.05, 4.69) is 26.1 Å². The highest BCUT2D eigenvalue weighted by Gasteiger charge is 2.40. The summed E-state index contributed by atoms with van der Waals surface area (Å²) in [5.41, 5.74) is 3.26. The second-order valence-electron chi connectivity index (χ2n) is 9.05. The Morgan fingerprint density at radius 1 is 0.794 bits per heavy atom. The fraction of sp³-hybridized carbons (Fsp3) is 0.214. The van der Waals surface area contributed by atoms with Gasteiger partial charge in [0.05, 0.1) is 31.2 Å². The molecule has 1 N–H and O–H groups in total. The summed E-state index contributed by atoms with van der Waals surface area (Å²) in [7, 11) is 3.11. The van der Waals surface area contributed by atoms with Crippen molar-refractivity contribution in [3.05, 3.63) is 89.6 Å². The summed E-state index contributed by atoms with van der Waals surface area (Å²) < 4.78 is 10.8. The van der Waals surface area contributed by atoms with E-state index in [1.807, 2.05) is 54.6 Å². The monoisotopic (exact) mass is 456 g/mol. The van der Waals surface area contributed by atoms with Crippen molar-refractivity contribution in [2.45, 2.75) is 26.2 Å². The summed E-state index contributed by atoms with van der Waals surface area (Å²) in [5, 5.41) is 3.16. The molecular weight excluding hydrogens is 428 g/mol. The molecule has 1 aliphatic rings. The lowest BCUT2D eigenvalue weighted by Gasteiger charge is -2.21. The molecule has 6 nitrogen and oxygen atoms in total. The second kappa shape index (κ2) is 9.06. The Balaban J connectivity index is 1.80. The maximum Gasteiger partial charge on any atom is 0.282 e. The van der Waals surface area contributed by atoms with Crippen LogP contribution in [-0.4, -0.2) is 26.0 Å². The van der Waals surface area contributed by atoms with Crippen LogP contribution in [0.2, 0.25) is 0 Å². The molecule has 0 bridgehead atoms. The predicted molar refractivity (Wildman–Crippen MR) is 134 cm³/mol. The lowest BCUT2D eigenvalue weighted by atomic mass is 9.87. The lowest BCUT2D eigenvalue weighted by molar-refractivity contribution is -0.120. The van der Waals surface area contributed by atoms with E-state index in [1.54, 1.807) is 32.4 Å². The first-order chi connectivity index (χ1) is 16.2. The van der Waals surface area contributed by atoms with Gasteiger partial charge in [-0.15, -0.1) is 0 Å². The molecule has 0 spiro atoms. The summed E-state index contributed by atoms with van der Waals surface area (Å²) in [6.45, 7) is 6.35. The average molecular weight is 457 g/mol. The molecule has 34 heavy (non-hydrogen) atoms. The van der Waals surface area contributed by atoms with E-state index >= 15 is 0 Å². The van der Waals surface area contributed by atoms with Gasteiger partial charge in [-0.2, -0.15) is 0 Å². The summed E-state index contributed by atoms with van der Waals surface area (Å²) >= 11 is 0. The van der Waals surface area contributed by atoms with E-state index in [0.717, 1.165) is 5.56 Å². The summed E-state index contributed by atoms with van der Waals surface area (Å²) in [6, 6.07) is 21.9. The van der Waals surface area contributed by atoms with Crippen LogP contribution >= 0.6 is 0 Å². The Morgan fingerprint density at radius 3 is 2.06 bits per heavy atom. The van der Waals surface area contributed by atoms with Crippen LogP contribution in [0.15, 0.2) is 78.5 Å². The first kappa shape index (κ1) is 23.1. The fourth-order valence-corrected chi connectivity index (χ4v) is 3.91. The molecule has 2 amide bonds. The largest absolute Gasteiger partial charge is 0.497 e. The van der Waals surface area contributed by atoms with Crippen LogP contribution in [0.5, 0.6) is 11.5 Å². The molecule has 6 heteroatoms. The van der Waals surface area contributed by atoms with Crippen molar-refractivity contribution in [3.8, 4) is 11.5 Å². The number of hydrogen-bond acceptors (Lipinski definition) is 5. The zero-order valence-electron chi connectivity index (χ0n) is 20.0. The van der Waals surface area contributed by atoms with Crippen LogP contribution in [0.4, 0.5) is 11.4 Å². The van der Waals surface area contributed by atoms with Gasteiger partial charge in [-0.3, -0.25) is 9.59 Å². The molecule has 0 atom stereocenters. The predicted octanol–water partition coefficient (Wildman–Crippen LogP) is 5.40. The van der Waals surface area contributed by atoms with Gasteiger partial charge in [0.2, 0.25) is 0 Å². The minimum atomic E-state index is -0.433. The van der Waals surface area contributed by atoms with Crippen LogP contribution in [0.1, 0.15) is 31.9 Å². The molecule has 0 fully saturated rings. The van der Waals surface area contributed by atoms with Gasteiger partial charge in [0.25, 0.3) is 11.8 Å². The van der Waals surface area contributed by atoms with E-state index < -0.39 is 5.91 Å². The summed E-state index contributed by atoms with van der Waals surface area (Å²) in [5.74, 6) is 0.298. The van der Waals surface area contributed by atoms with Gasteiger partial charge in [-0.1, -0.05) is 63.2 Å². The highest BCUT2D eigenvalue weighted by Crippen LogP contribution is 2.37. The quantitative estimate of drug-likeness (QED) is 0.503. The van der Waals surface area contributed by atoms with E-state index in [-0.39, 0.29) is 17.0 Å². The number of imide groups is 1. The van der Waals surface area contributed by atoms with Gasteiger partial charge in [-0.05, 0) is 40.8 Å². The van der Waals surface area contributed by atoms with Gasteiger partial charge in [0.15, 0.2) is 0 Å². The molecule has 3 aromatic carbocycles. The van der Waals surface area contributed by atoms with E-state index in [1.165, 1.54) is 4.90 Å². The van der Waals surface area contributed by atoms with Crippen LogP contribution in [0.25, 0.3) is 5.57 Å². The lowest BCUT2D eigenvalue weighted by Crippen LogP contribution is -2.32. The smallest absolute Gasteiger partial charge is 0.282 e. The van der Waals surface area contributed by atoms with E-state index in [4.69, 9.17) is 9.47 Å². The summed E-state index contributed by atoms with van der Waals surface area (Å²) in [4.78, 5) is 28.5. The molecule has 174 valence electrons. The van der Waals surface area contributed by atoms with Gasteiger partial charge >= 0.3 is 0 Å². The fourth-order valence-electron chi connectivity index (χ4n) is 3.91. The van der Waals surface area contributed by atoms with E-state index in [0.29, 0.717) is 34.0 Å². The number of nitrogens with zero attached hydrogens (tertiary/aromatic N) is 1. The number of carbonyl (C=O) groups is 2. The van der Waals surface area contributed by atoms with Gasteiger partial charge in [0, 0.05) is 6.07 Å². The standard InChI is InChI=1S/C28H28N2O4/c1-28(2,3)19-11-13-20(14-12-19)30-26(31)24(18-9-7-6-8-10-18)25(27(30)32)29-22-17-21(33-4)15-16-23(22)34-5/h6-17,29H,1-5H3. The van der Waals surface area contributed by atoms with Crippen molar-refractivity contribution in [1.82, 2.24) is 0 Å². The zero-order valence-corrected chi connectivity index (χ0v) is 20.0. The van der Waals surface area contributed by atoms with Crippen molar-refractivity contribution in [2.24, 2.45) is 0 Å². The maximum atomic E-state index is 13.7. The third kappa shape index (κ3) is 4.27. The molecule has 0 saturated carbocycles. The Morgan fingerprint density at radius 2 is 1.47 bits per heavy atom. The van der Waals surface area contributed by atoms with Gasteiger partial charge < -0.3 is 14.8 Å². The first-order valence-corrected chi connectivity index (χ1v) is 11.0. The molecule has 0 aromatic heterocycles. The average Bonchev–Trinajstić information content (AvgIpc) is 3.08. The van der Waals surface area contributed by atoms with Crippen LogP contribution in [0, 0.1) is 0 Å². The Bertz CT molecular complexity index is 1260. The highest BCUT2D eigenvalue weighted by atomic mass is 16.5. The molecule has 0 radical (unpaired) electrons. The Kier molecular flexibility index (Phi) is 6.16. The third-order valence-corrected chi connectivity index (χ3v) is 5.80. The van der Waals surface area contributed by atoms with Crippen molar-refractivity contribution in [2.75, 3.05) is 24.4 Å². The van der Waals surface area contributed by atoms with E-state index in [9.17, 15) is 9.59 Å². The second-order valence-corrected chi connectivity index (χ2v) is 9.05. The zero-order chi connectivity index (χ0) is 24.5. The minimum absolute atomic E-state index is 0.0410. The van der Waals surface area contributed by atoms with Crippen LogP contribution in [-0.2, 0) is 15.0 Å². The number of benzene rings is 3. The molecule has 0 saturated heterocycles. The number of methoxy groups -OCH3 is 2. The number of nitrogens with one attached hydrogen (secondary N) is 1. The Hall–Kier alpha value is -4.06. The van der Waals surface area contributed by atoms with Gasteiger partial charge in [-0.25, -0.2) is 4.90 Å². The number of carbonyl (C=O) groups excluding carboxylic acids is 2. The number of hydrogen-bond donors (Lipinski definition) is 1. The van der Waals surface area contributed by atoms with Crippen molar-refractivity contribution in [1.29, 1.82) is 0 Å². The topological polar surface area (TPSA) is 67.9 Å². The van der Waals surface area contributed by atoms with Crippen LogP contribution in [0.3, 0.4) is 0 Å². The molecular formula is C28H28N2O4. The molecule has 1 aliphatic heterocycles. The molecule has 3 aromatic rings. The molecule has 0 aliphatic carbocycles. The first-order valence-electron chi connectivity index (χ1n) is 11.0. The third-order valence-electron chi connectivity index (χ3n) is 5.80. The molecule has 0 unspecified atom stereocenters. The number of ether oxygens (including phenoxy) is 2.